The quantitative estimate of drug-likeness (QED) is 0.754. The van der Waals surface area contributed by atoms with Gasteiger partial charge in [0.2, 0.25) is 0 Å². The van der Waals surface area contributed by atoms with E-state index in [1.807, 2.05) is 20.8 Å². The van der Waals surface area contributed by atoms with Crippen LogP contribution in [0.15, 0.2) is 0 Å². The fourth-order valence-corrected chi connectivity index (χ4v) is 0.908. The molecule has 0 bridgehead atoms. The van der Waals surface area contributed by atoms with Crippen molar-refractivity contribution in [3.63, 3.8) is 0 Å². The van der Waals surface area contributed by atoms with Gasteiger partial charge < -0.3 is 19.5 Å². The average Bonchev–Trinajstić information content (AvgIpc) is 2.09. The fourth-order valence-electron chi connectivity index (χ4n) is 0.908. The van der Waals surface area contributed by atoms with Gasteiger partial charge in [-0.25, -0.2) is 4.79 Å². The maximum absolute atomic E-state index is 11.3. The molecule has 5 heteroatoms. The van der Waals surface area contributed by atoms with Crippen molar-refractivity contribution in [1.82, 2.24) is 5.32 Å². The molecule has 1 unspecified atom stereocenters. The van der Waals surface area contributed by atoms with E-state index in [0.717, 1.165) is 0 Å². The molecule has 0 aromatic carbocycles. The number of hydrogen-bond donors (Lipinski definition) is 1. The Labute approximate surface area is 91.1 Å². The molecule has 0 spiro atoms. The second-order valence-electron chi connectivity index (χ2n) is 4.20. The lowest BCUT2D eigenvalue weighted by molar-refractivity contribution is 0.0207. The number of carbonyl (C=O) groups excluding carboxylic acids is 1. The molecule has 1 N–H and O–H groups in total. The van der Waals surface area contributed by atoms with Crippen LogP contribution >= 0.6 is 0 Å². The molecule has 90 valence electrons. The van der Waals surface area contributed by atoms with Gasteiger partial charge in [-0.05, 0) is 20.8 Å². The van der Waals surface area contributed by atoms with Crippen LogP contribution in [0.1, 0.15) is 20.8 Å². The Hall–Kier alpha value is -0.810. The number of hydrogen-bond acceptors (Lipinski definition) is 4. The monoisotopic (exact) mass is 219 g/mol. The van der Waals surface area contributed by atoms with Crippen LogP contribution in [0.25, 0.3) is 0 Å². The van der Waals surface area contributed by atoms with E-state index in [0.29, 0.717) is 13.2 Å². The van der Waals surface area contributed by atoms with Gasteiger partial charge in [-0.15, -0.1) is 0 Å². The largest absolute Gasteiger partial charge is 0.444 e. The third-order valence-electron chi connectivity index (χ3n) is 1.56. The summed E-state index contributed by atoms with van der Waals surface area (Å²) in [6.45, 7) is 6.26. The van der Waals surface area contributed by atoms with E-state index in [4.69, 9.17) is 14.2 Å². The van der Waals surface area contributed by atoms with Crippen LogP contribution in [-0.4, -0.2) is 45.2 Å². The first-order valence-electron chi connectivity index (χ1n) is 4.87. The van der Waals surface area contributed by atoms with Crippen molar-refractivity contribution in [2.75, 3.05) is 27.4 Å². The number of ether oxygens (including phenoxy) is 3. The molecule has 0 aliphatic rings. The van der Waals surface area contributed by atoms with Crippen LogP contribution < -0.4 is 5.32 Å². The Balaban J connectivity index is 3.78. The van der Waals surface area contributed by atoms with Gasteiger partial charge in [0.15, 0.2) is 0 Å². The Morgan fingerprint density at radius 1 is 1.33 bits per heavy atom. The standard InChI is InChI=1S/C10H21NO4/c1-10(2,3)15-9(12)11-6-8(14-5)7-13-4/h8H,6-7H2,1-5H3,(H,11,12). The summed E-state index contributed by atoms with van der Waals surface area (Å²) in [7, 11) is 3.15. The van der Waals surface area contributed by atoms with Gasteiger partial charge in [0.25, 0.3) is 0 Å². The lowest BCUT2D eigenvalue weighted by Gasteiger charge is -2.21. The maximum Gasteiger partial charge on any atom is 0.407 e. The zero-order valence-corrected chi connectivity index (χ0v) is 10.1. The predicted octanol–water partition coefficient (Wildman–Crippen LogP) is 1.17. The van der Waals surface area contributed by atoms with Crippen LogP contribution in [0.5, 0.6) is 0 Å². The zero-order valence-electron chi connectivity index (χ0n) is 10.1. The molecule has 0 radical (unpaired) electrons. The normalized spacial score (nSPS) is 13.4. The number of nitrogens with one attached hydrogen (secondary N) is 1. The molecule has 0 aliphatic heterocycles. The second-order valence-corrected chi connectivity index (χ2v) is 4.20. The van der Waals surface area contributed by atoms with Gasteiger partial charge in [0.05, 0.1) is 12.7 Å². The highest BCUT2D eigenvalue weighted by molar-refractivity contribution is 5.67. The second kappa shape index (κ2) is 6.63. The molecular weight excluding hydrogens is 198 g/mol. The molecule has 0 heterocycles. The van der Waals surface area contributed by atoms with E-state index in [2.05, 4.69) is 5.32 Å². The lowest BCUT2D eigenvalue weighted by atomic mass is 10.2. The van der Waals surface area contributed by atoms with Crippen LogP contribution in [0, 0.1) is 0 Å². The van der Waals surface area contributed by atoms with Gasteiger partial charge in [0.1, 0.15) is 5.60 Å². The smallest absolute Gasteiger partial charge is 0.407 e. The predicted molar refractivity (Wildman–Crippen MR) is 56.9 cm³/mol. The summed E-state index contributed by atoms with van der Waals surface area (Å²) in [6.07, 6.45) is -0.594. The molecule has 0 fully saturated rings. The third-order valence-corrected chi connectivity index (χ3v) is 1.56. The first kappa shape index (κ1) is 14.2. The van der Waals surface area contributed by atoms with Gasteiger partial charge in [-0.1, -0.05) is 0 Å². The molecule has 5 nitrogen and oxygen atoms in total. The van der Waals surface area contributed by atoms with Crippen LogP contribution in [0.3, 0.4) is 0 Å². The van der Waals surface area contributed by atoms with Gasteiger partial charge in [-0.2, -0.15) is 0 Å². The molecule has 1 atom stereocenters. The van der Waals surface area contributed by atoms with E-state index in [1.54, 1.807) is 14.2 Å². The molecule has 1 amide bonds. The minimum absolute atomic E-state index is 0.150. The minimum Gasteiger partial charge on any atom is -0.444 e. The molecule has 0 aliphatic carbocycles. The van der Waals surface area contributed by atoms with Crippen molar-refractivity contribution in [2.45, 2.75) is 32.5 Å². The summed E-state index contributed by atoms with van der Waals surface area (Å²) in [5, 5.41) is 2.61. The van der Waals surface area contributed by atoms with Crippen LogP contribution in [-0.2, 0) is 14.2 Å². The summed E-state index contributed by atoms with van der Waals surface area (Å²) in [6, 6.07) is 0. The molecule has 0 aromatic heterocycles. The lowest BCUT2D eigenvalue weighted by Crippen LogP contribution is -2.38. The van der Waals surface area contributed by atoms with E-state index in [-0.39, 0.29) is 6.10 Å². The summed E-state index contributed by atoms with van der Waals surface area (Å²) in [5.74, 6) is 0. The van der Waals surface area contributed by atoms with Gasteiger partial charge >= 0.3 is 6.09 Å². The molecule has 15 heavy (non-hydrogen) atoms. The average molecular weight is 219 g/mol. The minimum atomic E-state index is -0.478. The SMILES string of the molecule is COCC(CNC(=O)OC(C)(C)C)OC. The summed E-state index contributed by atoms with van der Waals surface area (Å²) >= 11 is 0. The van der Waals surface area contributed by atoms with Gasteiger partial charge in [0, 0.05) is 20.8 Å². The highest BCUT2D eigenvalue weighted by Gasteiger charge is 2.17. The Kier molecular flexibility index (Phi) is 6.27. The highest BCUT2D eigenvalue weighted by Crippen LogP contribution is 2.06. The number of methoxy groups -OCH3 is 2. The summed E-state index contributed by atoms with van der Waals surface area (Å²) in [5.41, 5.74) is -0.478. The van der Waals surface area contributed by atoms with E-state index >= 15 is 0 Å². The molecular formula is C10H21NO4. The van der Waals surface area contributed by atoms with E-state index in [1.165, 1.54) is 0 Å². The topological polar surface area (TPSA) is 56.8 Å². The fraction of sp³-hybridized carbons (Fsp3) is 0.900. The Morgan fingerprint density at radius 3 is 2.33 bits per heavy atom. The first-order chi connectivity index (χ1) is 6.89. The third kappa shape index (κ3) is 8.20. The number of carbonyl (C=O) groups is 1. The summed E-state index contributed by atoms with van der Waals surface area (Å²) in [4.78, 5) is 11.3. The van der Waals surface area contributed by atoms with Crippen molar-refractivity contribution < 1.29 is 19.0 Å². The molecule has 0 rings (SSSR count). The number of rotatable bonds is 5. The van der Waals surface area contributed by atoms with Crippen LogP contribution in [0.2, 0.25) is 0 Å². The molecule has 0 aromatic rings. The maximum atomic E-state index is 11.3. The van der Waals surface area contributed by atoms with Gasteiger partial charge in [-0.3, -0.25) is 0 Å². The van der Waals surface area contributed by atoms with Crippen molar-refractivity contribution >= 4 is 6.09 Å². The number of alkyl carbamates (subject to hydrolysis) is 1. The first-order valence-corrected chi connectivity index (χ1v) is 4.87. The van der Waals surface area contributed by atoms with Crippen LogP contribution in [0.4, 0.5) is 4.79 Å². The van der Waals surface area contributed by atoms with Crippen molar-refractivity contribution in [3.05, 3.63) is 0 Å². The highest BCUT2D eigenvalue weighted by atomic mass is 16.6. The van der Waals surface area contributed by atoms with Crippen molar-refractivity contribution in [1.29, 1.82) is 0 Å². The molecule has 0 saturated carbocycles. The Morgan fingerprint density at radius 2 is 1.93 bits per heavy atom. The van der Waals surface area contributed by atoms with Crippen molar-refractivity contribution in [3.8, 4) is 0 Å². The van der Waals surface area contributed by atoms with E-state index < -0.39 is 11.7 Å². The molecule has 0 saturated heterocycles. The Bertz CT molecular complexity index is 188. The van der Waals surface area contributed by atoms with E-state index in [9.17, 15) is 4.79 Å². The zero-order chi connectivity index (χ0) is 11.9. The number of amides is 1. The summed E-state index contributed by atoms with van der Waals surface area (Å²) < 4.78 is 15.1. The van der Waals surface area contributed by atoms with Crippen molar-refractivity contribution in [2.24, 2.45) is 0 Å².